The van der Waals surface area contributed by atoms with E-state index in [2.05, 4.69) is 15.0 Å². The molecule has 2 unspecified atom stereocenters. The summed E-state index contributed by atoms with van der Waals surface area (Å²) in [5.41, 5.74) is 0.929. The number of rotatable bonds is 2. The van der Waals surface area contributed by atoms with Gasteiger partial charge in [-0.2, -0.15) is 0 Å². The molecule has 0 aliphatic carbocycles. The smallest absolute Gasteiger partial charge is 0.170 e. The van der Waals surface area contributed by atoms with E-state index in [4.69, 9.17) is 44.6 Å². The first-order chi connectivity index (χ1) is 9.03. The Morgan fingerprint density at radius 1 is 1.42 bits per heavy atom. The van der Waals surface area contributed by atoms with E-state index in [9.17, 15) is 0 Å². The van der Waals surface area contributed by atoms with Crippen LogP contribution < -0.4 is 0 Å². The standard InChI is InChI=1S/C10H9Cl3N4O2/c11-7-6-8(15-3-14-7)17(4-16-6)9-10(12,13)1-5(2-18)19-9/h3-5,9,18H,1-2H2. The Morgan fingerprint density at radius 3 is 2.89 bits per heavy atom. The predicted molar refractivity (Wildman–Crippen MR) is 70.4 cm³/mol. The Kier molecular flexibility index (Phi) is 3.31. The second-order valence-corrected chi connectivity index (χ2v) is 6.15. The lowest BCUT2D eigenvalue weighted by Gasteiger charge is -2.21. The Bertz CT molecular complexity index is 618. The zero-order chi connectivity index (χ0) is 13.6. The lowest BCUT2D eigenvalue weighted by atomic mass is 10.2. The van der Waals surface area contributed by atoms with Gasteiger partial charge in [0.25, 0.3) is 0 Å². The van der Waals surface area contributed by atoms with Gasteiger partial charge in [0.15, 0.2) is 21.4 Å². The molecule has 0 amide bonds. The highest BCUT2D eigenvalue weighted by molar-refractivity contribution is 6.48. The molecule has 1 saturated heterocycles. The Labute approximate surface area is 123 Å². The molecule has 1 N–H and O–H groups in total. The van der Waals surface area contributed by atoms with E-state index in [0.717, 1.165) is 0 Å². The van der Waals surface area contributed by atoms with E-state index in [1.165, 1.54) is 12.7 Å². The first kappa shape index (κ1) is 13.3. The van der Waals surface area contributed by atoms with Crippen molar-refractivity contribution >= 4 is 46.0 Å². The van der Waals surface area contributed by atoms with Crippen LogP contribution in [-0.2, 0) is 4.74 Å². The number of halogens is 3. The summed E-state index contributed by atoms with van der Waals surface area (Å²) >= 11 is 18.4. The molecule has 1 fully saturated rings. The number of aromatic nitrogens is 4. The number of ether oxygens (including phenoxy) is 1. The minimum atomic E-state index is -1.17. The van der Waals surface area contributed by atoms with Crippen LogP contribution in [-0.4, -0.2) is 41.7 Å². The van der Waals surface area contributed by atoms with Gasteiger partial charge < -0.3 is 9.84 Å². The van der Waals surface area contributed by atoms with Gasteiger partial charge in [0, 0.05) is 6.42 Å². The van der Waals surface area contributed by atoms with Crippen LogP contribution in [0.2, 0.25) is 5.15 Å². The van der Waals surface area contributed by atoms with E-state index in [0.29, 0.717) is 17.6 Å². The van der Waals surface area contributed by atoms with Crippen molar-refractivity contribution < 1.29 is 9.84 Å². The second kappa shape index (κ2) is 4.71. The summed E-state index contributed by atoms with van der Waals surface area (Å²) in [6.45, 7) is -0.153. The van der Waals surface area contributed by atoms with Crippen LogP contribution in [0, 0.1) is 0 Å². The third-order valence-corrected chi connectivity index (χ3v) is 3.91. The summed E-state index contributed by atoms with van der Waals surface area (Å²) in [4.78, 5) is 12.1. The highest BCUT2D eigenvalue weighted by Crippen LogP contribution is 2.47. The number of aliphatic hydroxyl groups is 1. The lowest BCUT2D eigenvalue weighted by molar-refractivity contribution is -0.0223. The van der Waals surface area contributed by atoms with Gasteiger partial charge >= 0.3 is 0 Å². The molecule has 2 aromatic heterocycles. The maximum Gasteiger partial charge on any atom is 0.170 e. The summed E-state index contributed by atoms with van der Waals surface area (Å²) in [7, 11) is 0. The van der Waals surface area contributed by atoms with E-state index < -0.39 is 16.7 Å². The van der Waals surface area contributed by atoms with Gasteiger partial charge in [-0.25, -0.2) is 15.0 Å². The number of imidazole rings is 1. The molecule has 0 bridgehead atoms. The normalized spacial score (nSPS) is 26.1. The van der Waals surface area contributed by atoms with Crippen molar-refractivity contribution in [2.24, 2.45) is 0 Å². The molecule has 0 spiro atoms. The average molecular weight is 324 g/mol. The van der Waals surface area contributed by atoms with Crippen LogP contribution in [0.15, 0.2) is 12.7 Å². The highest BCUT2D eigenvalue weighted by atomic mass is 35.5. The number of aliphatic hydroxyl groups excluding tert-OH is 1. The third kappa shape index (κ3) is 2.17. The van der Waals surface area contributed by atoms with Crippen molar-refractivity contribution in [2.75, 3.05) is 6.61 Å². The van der Waals surface area contributed by atoms with Crippen LogP contribution in [0.25, 0.3) is 11.2 Å². The molecule has 6 nitrogen and oxygen atoms in total. The maximum absolute atomic E-state index is 9.16. The van der Waals surface area contributed by atoms with Gasteiger partial charge in [0.05, 0.1) is 19.0 Å². The monoisotopic (exact) mass is 322 g/mol. The summed E-state index contributed by atoms with van der Waals surface area (Å²) in [6, 6.07) is 0. The summed E-state index contributed by atoms with van der Waals surface area (Å²) in [6.07, 6.45) is 2.02. The van der Waals surface area contributed by atoms with E-state index >= 15 is 0 Å². The van der Waals surface area contributed by atoms with Crippen molar-refractivity contribution in [1.29, 1.82) is 0 Å². The fraction of sp³-hybridized carbons (Fsp3) is 0.500. The number of alkyl halides is 2. The van der Waals surface area contributed by atoms with Crippen LogP contribution in [0.4, 0.5) is 0 Å². The topological polar surface area (TPSA) is 73.1 Å². The van der Waals surface area contributed by atoms with E-state index in [1.54, 1.807) is 4.57 Å². The molecule has 102 valence electrons. The number of fused-ring (bicyclic) bond motifs is 1. The van der Waals surface area contributed by atoms with Gasteiger partial charge in [-0.1, -0.05) is 34.8 Å². The summed E-state index contributed by atoms with van der Waals surface area (Å²) < 4.78 is 6.05. The number of hydrogen-bond acceptors (Lipinski definition) is 5. The van der Waals surface area contributed by atoms with Gasteiger partial charge in [-0.05, 0) is 0 Å². The molecular weight excluding hydrogens is 314 g/mol. The van der Waals surface area contributed by atoms with Crippen molar-refractivity contribution in [3.05, 3.63) is 17.8 Å². The van der Waals surface area contributed by atoms with Crippen molar-refractivity contribution in [1.82, 2.24) is 19.5 Å². The molecule has 9 heteroatoms. The third-order valence-electron chi connectivity index (χ3n) is 2.95. The minimum absolute atomic E-state index is 0.153. The average Bonchev–Trinajstić information content (AvgIpc) is 2.90. The maximum atomic E-state index is 9.16. The Morgan fingerprint density at radius 2 is 2.21 bits per heavy atom. The molecule has 19 heavy (non-hydrogen) atoms. The zero-order valence-electron chi connectivity index (χ0n) is 9.50. The molecule has 0 saturated carbocycles. The van der Waals surface area contributed by atoms with Gasteiger partial charge in [-0.15, -0.1) is 0 Å². The largest absolute Gasteiger partial charge is 0.394 e. The molecule has 1 aliphatic heterocycles. The summed E-state index contributed by atoms with van der Waals surface area (Å²) in [5.74, 6) is 0. The second-order valence-electron chi connectivity index (χ2n) is 4.25. The molecule has 3 rings (SSSR count). The van der Waals surface area contributed by atoms with Crippen molar-refractivity contribution in [3.8, 4) is 0 Å². The molecular formula is C10H9Cl3N4O2. The fourth-order valence-electron chi connectivity index (χ4n) is 2.11. The fourth-order valence-corrected chi connectivity index (χ4v) is 2.94. The molecule has 2 atom stereocenters. The number of nitrogens with zero attached hydrogens (tertiary/aromatic N) is 4. The molecule has 0 radical (unpaired) electrons. The van der Waals surface area contributed by atoms with Gasteiger partial charge in [0.1, 0.15) is 11.8 Å². The molecule has 3 heterocycles. The van der Waals surface area contributed by atoms with E-state index in [-0.39, 0.29) is 11.8 Å². The van der Waals surface area contributed by atoms with Crippen molar-refractivity contribution in [3.63, 3.8) is 0 Å². The minimum Gasteiger partial charge on any atom is -0.394 e. The van der Waals surface area contributed by atoms with Gasteiger partial charge in [0.2, 0.25) is 0 Å². The molecule has 2 aromatic rings. The van der Waals surface area contributed by atoms with Crippen LogP contribution >= 0.6 is 34.8 Å². The van der Waals surface area contributed by atoms with E-state index in [1.807, 2.05) is 0 Å². The number of hydrogen-bond donors (Lipinski definition) is 1. The zero-order valence-corrected chi connectivity index (χ0v) is 11.8. The van der Waals surface area contributed by atoms with Crippen LogP contribution in [0.1, 0.15) is 12.6 Å². The SMILES string of the molecule is OCC1CC(Cl)(Cl)C(n2cnc3c(Cl)ncnc32)O1. The molecule has 0 aromatic carbocycles. The van der Waals surface area contributed by atoms with Gasteiger partial charge in [-0.3, -0.25) is 4.57 Å². The van der Waals surface area contributed by atoms with Crippen LogP contribution in [0.3, 0.4) is 0 Å². The summed E-state index contributed by atoms with van der Waals surface area (Å²) in [5, 5.41) is 9.40. The first-order valence-electron chi connectivity index (χ1n) is 5.50. The van der Waals surface area contributed by atoms with Crippen molar-refractivity contribution in [2.45, 2.75) is 23.1 Å². The molecule has 1 aliphatic rings. The quantitative estimate of drug-likeness (QED) is 0.675. The Balaban J connectivity index is 2.07. The predicted octanol–water partition coefficient (Wildman–Crippen LogP) is 1.93. The first-order valence-corrected chi connectivity index (χ1v) is 6.63. The Hall–Kier alpha value is -0.660. The highest BCUT2D eigenvalue weighted by Gasteiger charge is 2.47. The van der Waals surface area contributed by atoms with Crippen LogP contribution in [0.5, 0.6) is 0 Å². The lowest BCUT2D eigenvalue weighted by Crippen LogP contribution is -2.23.